The van der Waals surface area contributed by atoms with Crippen molar-refractivity contribution in [1.29, 1.82) is 0 Å². The lowest BCUT2D eigenvalue weighted by Gasteiger charge is -2.12. The molecular weight excluding hydrogens is 430 g/mol. The Labute approximate surface area is 196 Å². The van der Waals surface area contributed by atoms with Gasteiger partial charge in [-0.25, -0.2) is 4.98 Å². The number of nitrogens with zero attached hydrogens (tertiary/aromatic N) is 4. The van der Waals surface area contributed by atoms with Crippen molar-refractivity contribution in [3.63, 3.8) is 0 Å². The number of methoxy groups -OCH3 is 2. The van der Waals surface area contributed by atoms with Crippen molar-refractivity contribution >= 4 is 28.3 Å². The maximum atomic E-state index is 12.9. The first-order valence-corrected chi connectivity index (χ1v) is 10.9. The first-order chi connectivity index (χ1) is 16.7. The summed E-state index contributed by atoms with van der Waals surface area (Å²) in [4.78, 5) is 17.7. The van der Waals surface area contributed by atoms with Crippen LogP contribution in [0.1, 0.15) is 21.5 Å². The number of aromatic nitrogens is 4. The van der Waals surface area contributed by atoms with Crippen molar-refractivity contribution < 1.29 is 14.3 Å². The van der Waals surface area contributed by atoms with Crippen molar-refractivity contribution in [3.05, 3.63) is 89.7 Å². The lowest BCUT2D eigenvalue weighted by molar-refractivity contribution is 0.103. The second kappa shape index (κ2) is 9.19. The van der Waals surface area contributed by atoms with Gasteiger partial charge < -0.3 is 14.8 Å². The predicted octanol–water partition coefficient (Wildman–Crippen LogP) is 4.18. The highest BCUT2D eigenvalue weighted by atomic mass is 16.5. The van der Waals surface area contributed by atoms with Crippen LogP contribution in [0.25, 0.3) is 16.7 Å². The summed E-state index contributed by atoms with van der Waals surface area (Å²) in [6.07, 6.45) is 2.39. The van der Waals surface area contributed by atoms with Crippen molar-refractivity contribution in [2.45, 2.75) is 6.42 Å². The van der Waals surface area contributed by atoms with E-state index in [-0.39, 0.29) is 5.78 Å². The zero-order chi connectivity index (χ0) is 23.5. The highest BCUT2D eigenvalue weighted by molar-refractivity contribution is 6.10. The van der Waals surface area contributed by atoms with E-state index in [9.17, 15) is 4.79 Å². The Balaban J connectivity index is 1.40. The lowest BCUT2D eigenvalue weighted by Crippen LogP contribution is -2.09. The summed E-state index contributed by atoms with van der Waals surface area (Å²) in [5, 5.41) is 11.7. The number of nitrogens with one attached hydrogen (secondary N) is 1. The summed E-state index contributed by atoms with van der Waals surface area (Å²) in [7, 11) is 3.24. The van der Waals surface area contributed by atoms with Gasteiger partial charge in [-0.3, -0.25) is 9.20 Å². The van der Waals surface area contributed by atoms with Gasteiger partial charge >= 0.3 is 0 Å². The van der Waals surface area contributed by atoms with Crippen LogP contribution in [0.2, 0.25) is 0 Å². The molecule has 2 aromatic heterocycles. The standard InChI is InChI=1S/C26H23N5O3/c1-33-22-11-8-17(14-23(22)34-2)12-13-27-25-26-30-28-16-31(26)21-15-19(9-10-20(21)29-25)24(32)18-6-4-3-5-7-18/h3-11,14-16H,12-13H2,1-2H3,(H,27,29). The van der Waals surface area contributed by atoms with E-state index in [4.69, 9.17) is 14.5 Å². The SMILES string of the molecule is COc1ccc(CCNc2nc3ccc(C(=O)c4ccccc4)cc3n3cnnc23)cc1OC. The van der Waals surface area contributed by atoms with Gasteiger partial charge in [-0.05, 0) is 42.3 Å². The fraction of sp³-hybridized carbons (Fsp3) is 0.154. The van der Waals surface area contributed by atoms with Crippen LogP contribution in [0.5, 0.6) is 11.5 Å². The van der Waals surface area contributed by atoms with Crippen molar-refractivity contribution in [1.82, 2.24) is 19.6 Å². The molecule has 0 atom stereocenters. The number of hydrogen-bond donors (Lipinski definition) is 1. The minimum absolute atomic E-state index is 0.0409. The number of ketones is 1. The van der Waals surface area contributed by atoms with Gasteiger partial charge in [0.1, 0.15) is 6.33 Å². The fourth-order valence-corrected chi connectivity index (χ4v) is 3.93. The minimum atomic E-state index is -0.0409. The molecule has 5 aromatic rings. The molecule has 3 aromatic carbocycles. The zero-order valence-electron chi connectivity index (χ0n) is 18.9. The molecule has 2 heterocycles. The Bertz CT molecular complexity index is 1480. The Morgan fingerprint density at radius 2 is 1.76 bits per heavy atom. The monoisotopic (exact) mass is 453 g/mol. The highest BCUT2D eigenvalue weighted by Crippen LogP contribution is 2.28. The average Bonchev–Trinajstić information content (AvgIpc) is 3.39. The largest absolute Gasteiger partial charge is 0.493 e. The first-order valence-electron chi connectivity index (χ1n) is 10.9. The normalized spacial score (nSPS) is 11.0. The number of rotatable bonds is 8. The first kappa shape index (κ1) is 21.4. The number of hydrogen-bond acceptors (Lipinski definition) is 7. The molecule has 0 amide bonds. The van der Waals surface area contributed by atoms with Gasteiger partial charge in [0.25, 0.3) is 0 Å². The topological polar surface area (TPSA) is 90.6 Å². The molecule has 8 nitrogen and oxygen atoms in total. The van der Waals surface area contributed by atoms with Crippen LogP contribution in [0.3, 0.4) is 0 Å². The van der Waals surface area contributed by atoms with Gasteiger partial charge in [0.05, 0.1) is 25.3 Å². The third-order valence-electron chi connectivity index (χ3n) is 5.68. The summed E-state index contributed by atoms with van der Waals surface area (Å²) in [6, 6.07) is 20.6. The van der Waals surface area contributed by atoms with E-state index in [0.717, 1.165) is 23.0 Å². The van der Waals surface area contributed by atoms with Gasteiger partial charge in [0, 0.05) is 17.7 Å². The molecule has 34 heavy (non-hydrogen) atoms. The third-order valence-corrected chi connectivity index (χ3v) is 5.68. The van der Waals surface area contributed by atoms with Crippen molar-refractivity contribution in [2.24, 2.45) is 0 Å². The van der Waals surface area contributed by atoms with Gasteiger partial charge in [-0.2, -0.15) is 0 Å². The van der Waals surface area contributed by atoms with Crippen LogP contribution in [0, 0.1) is 0 Å². The number of anilines is 1. The van der Waals surface area contributed by atoms with E-state index in [2.05, 4.69) is 15.5 Å². The molecule has 0 aliphatic rings. The predicted molar refractivity (Wildman–Crippen MR) is 130 cm³/mol. The van der Waals surface area contributed by atoms with E-state index >= 15 is 0 Å². The Morgan fingerprint density at radius 3 is 2.56 bits per heavy atom. The summed E-state index contributed by atoms with van der Waals surface area (Å²) in [5.74, 6) is 1.99. The summed E-state index contributed by atoms with van der Waals surface area (Å²) in [5.41, 5.74) is 4.45. The molecule has 0 unspecified atom stereocenters. The molecule has 0 saturated heterocycles. The Morgan fingerprint density at radius 1 is 0.941 bits per heavy atom. The zero-order valence-corrected chi connectivity index (χ0v) is 18.9. The molecule has 0 radical (unpaired) electrons. The summed E-state index contributed by atoms with van der Waals surface area (Å²) >= 11 is 0. The van der Waals surface area contributed by atoms with Crippen LogP contribution < -0.4 is 14.8 Å². The molecule has 0 spiro atoms. The Kier molecular flexibility index (Phi) is 5.78. The van der Waals surface area contributed by atoms with Crippen LogP contribution in [-0.4, -0.2) is 46.1 Å². The van der Waals surface area contributed by atoms with Crippen LogP contribution >= 0.6 is 0 Å². The van der Waals surface area contributed by atoms with Crippen molar-refractivity contribution in [2.75, 3.05) is 26.1 Å². The molecule has 8 heteroatoms. The molecule has 170 valence electrons. The number of ether oxygens (including phenoxy) is 2. The van der Waals surface area contributed by atoms with E-state index in [1.165, 1.54) is 0 Å². The smallest absolute Gasteiger partial charge is 0.203 e. The number of carbonyl (C=O) groups is 1. The number of fused-ring (bicyclic) bond motifs is 3. The molecule has 0 aliphatic heterocycles. The maximum absolute atomic E-state index is 12.9. The van der Waals surface area contributed by atoms with Gasteiger partial charge in [0.15, 0.2) is 23.1 Å². The number of carbonyl (C=O) groups excluding carboxylic acids is 1. The maximum Gasteiger partial charge on any atom is 0.203 e. The molecular formula is C26H23N5O3. The van der Waals surface area contributed by atoms with Crippen molar-refractivity contribution in [3.8, 4) is 11.5 Å². The van der Waals surface area contributed by atoms with Gasteiger partial charge in [-0.1, -0.05) is 36.4 Å². The Hall–Kier alpha value is -4.46. The van der Waals surface area contributed by atoms with Crippen LogP contribution in [-0.2, 0) is 6.42 Å². The quantitative estimate of drug-likeness (QED) is 0.353. The molecule has 5 rings (SSSR count). The molecule has 0 aliphatic carbocycles. The van der Waals surface area contributed by atoms with Crippen LogP contribution in [0.4, 0.5) is 5.82 Å². The lowest BCUT2D eigenvalue weighted by atomic mass is 10.0. The second-order valence-corrected chi connectivity index (χ2v) is 7.75. The minimum Gasteiger partial charge on any atom is -0.493 e. The molecule has 1 N–H and O–H groups in total. The highest BCUT2D eigenvalue weighted by Gasteiger charge is 2.14. The van der Waals surface area contributed by atoms with E-state index in [1.54, 1.807) is 26.6 Å². The molecule has 0 bridgehead atoms. The summed E-state index contributed by atoms with van der Waals surface area (Å²) in [6.45, 7) is 0.640. The van der Waals surface area contributed by atoms with E-state index < -0.39 is 0 Å². The molecule has 0 fully saturated rings. The van der Waals surface area contributed by atoms with Gasteiger partial charge in [-0.15, -0.1) is 10.2 Å². The fourth-order valence-electron chi connectivity index (χ4n) is 3.93. The van der Waals surface area contributed by atoms with E-state index in [0.29, 0.717) is 40.6 Å². The summed E-state index contributed by atoms with van der Waals surface area (Å²) < 4.78 is 12.5. The molecule has 0 saturated carbocycles. The average molecular weight is 454 g/mol. The third kappa shape index (κ3) is 4.01. The van der Waals surface area contributed by atoms with Gasteiger partial charge in [0.2, 0.25) is 5.65 Å². The van der Waals surface area contributed by atoms with Crippen LogP contribution in [0.15, 0.2) is 73.1 Å². The number of benzene rings is 3. The second-order valence-electron chi connectivity index (χ2n) is 7.75. The van der Waals surface area contributed by atoms with E-state index in [1.807, 2.05) is 65.1 Å².